The fourth-order valence-corrected chi connectivity index (χ4v) is 4.15. The van der Waals surface area contributed by atoms with Crippen molar-refractivity contribution in [2.45, 2.75) is 32.1 Å². The minimum absolute atomic E-state index is 0.0158. The molecule has 0 amide bonds. The summed E-state index contributed by atoms with van der Waals surface area (Å²) in [7, 11) is 1.93. The normalized spacial score (nSPS) is 15.7. The second kappa shape index (κ2) is 8.42. The van der Waals surface area contributed by atoms with Gasteiger partial charge in [0.05, 0.1) is 17.3 Å². The number of fused-ring (bicyclic) bond motifs is 2. The highest BCUT2D eigenvalue weighted by Crippen LogP contribution is 2.46. The molecular formula is C25H25N3O4. The molecule has 1 N–H and O–H groups in total. The second-order valence-corrected chi connectivity index (χ2v) is 8.39. The summed E-state index contributed by atoms with van der Waals surface area (Å²) in [6, 6.07) is 15.0. The lowest BCUT2D eigenvalue weighted by Crippen LogP contribution is -2.25. The number of para-hydroxylation sites is 2. The molecule has 1 aromatic heterocycles. The first-order valence-electron chi connectivity index (χ1n) is 10.5. The predicted octanol–water partition coefficient (Wildman–Crippen LogP) is 3.28. The lowest BCUT2D eigenvalue weighted by atomic mass is 9.83. The Morgan fingerprint density at radius 3 is 2.62 bits per heavy atom. The molecule has 2 heterocycles. The molecular weight excluding hydrogens is 406 g/mol. The number of likely N-dealkylation sites (N-methyl/N-ethyl adjacent to an activating group) is 1. The number of anilines is 1. The van der Waals surface area contributed by atoms with Gasteiger partial charge in [-0.05, 0) is 23.8 Å². The number of rotatable bonds is 6. The molecule has 0 aliphatic carbocycles. The van der Waals surface area contributed by atoms with E-state index in [1.165, 1.54) is 0 Å². The van der Waals surface area contributed by atoms with Crippen LogP contribution in [0, 0.1) is 0 Å². The predicted molar refractivity (Wildman–Crippen MR) is 123 cm³/mol. The van der Waals surface area contributed by atoms with E-state index in [-0.39, 0.29) is 36.2 Å². The summed E-state index contributed by atoms with van der Waals surface area (Å²) in [6.07, 6.45) is 1.79. The zero-order valence-corrected chi connectivity index (χ0v) is 18.3. The van der Waals surface area contributed by atoms with Gasteiger partial charge in [0, 0.05) is 36.3 Å². The van der Waals surface area contributed by atoms with E-state index in [1.807, 2.05) is 30.1 Å². The van der Waals surface area contributed by atoms with Crippen LogP contribution < -0.4 is 10.5 Å². The number of carbonyl (C=O) groups excluding carboxylic acids is 2. The molecule has 1 aliphatic heterocycles. The summed E-state index contributed by atoms with van der Waals surface area (Å²) in [4.78, 5) is 45.8. The lowest BCUT2D eigenvalue weighted by molar-refractivity contribution is -0.146. The molecule has 0 saturated carbocycles. The van der Waals surface area contributed by atoms with Gasteiger partial charge in [-0.3, -0.25) is 14.4 Å². The maximum Gasteiger partial charge on any atom is 0.306 e. The van der Waals surface area contributed by atoms with E-state index in [0.717, 1.165) is 16.9 Å². The van der Waals surface area contributed by atoms with Gasteiger partial charge in [0.1, 0.15) is 5.82 Å². The third-order valence-corrected chi connectivity index (χ3v) is 5.84. The maximum absolute atomic E-state index is 12.5. The Morgan fingerprint density at radius 2 is 1.84 bits per heavy atom. The largest absolute Gasteiger partial charge is 0.457 e. The molecule has 164 valence electrons. The quantitative estimate of drug-likeness (QED) is 0.476. The molecule has 0 atom stereocenters. The van der Waals surface area contributed by atoms with Crippen LogP contribution in [0.5, 0.6) is 0 Å². The average molecular weight is 431 g/mol. The first kappa shape index (κ1) is 21.5. The van der Waals surface area contributed by atoms with Gasteiger partial charge in [-0.2, -0.15) is 0 Å². The lowest BCUT2D eigenvalue weighted by Gasteiger charge is -2.23. The van der Waals surface area contributed by atoms with E-state index in [0.29, 0.717) is 16.7 Å². The standard InChI is InChI=1S/C25H25N3O4/c1-25(2)18-9-5-7-11-20(18)28(3)21(25)14-16(29)15-32-23(30)13-12-22-26-19-10-6-4-8-17(19)24(31)27-22/h4-11,14H,12-13,15H2,1-3H3,(H,26,27,31). The Morgan fingerprint density at radius 1 is 1.12 bits per heavy atom. The fourth-order valence-electron chi connectivity index (χ4n) is 4.15. The molecule has 7 heteroatoms. The number of aromatic amines is 1. The van der Waals surface area contributed by atoms with Gasteiger partial charge in [0.2, 0.25) is 0 Å². The highest BCUT2D eigenvalue weighted by Gasteiger charge is 2.38. The molecule has 7 nitrogen and oxygen atoms in total. The fraction of sp³-hybridized carbons (Fsp3) is 0.280. The van der Waals surface area contributed by atoms with Gasteiger partial charge in [0.15, 0.2) is 12.4 Å². The van der Waals surface area contributed by atoms with Crippen molar-refractivity contribution in [3.8, 4) is 0 Å². The van der Waals surface area contributed by atoms with Crippen LogP contribution in [0.15, 0.2) is 65.1 Å². The van der Waals surface area contributed by atoms with Crippen molar-refractivity contribution in [3.05, 3.63) is 82.0 Å². The molecule has 1 aliphatic rings. The Kier molecular flexibility index (Phi) is 5.65. The van der Waals surface area contributed by atoms with Crippen molar-refractivity contribution in [2.24, 2.45) is 0 Å². The third kappa shape index (κ3) is 4.06. The summed E-state index contributed by atoms with van der Waals surface area (Å²) < 4.78 is 5.16. The van der Waals surface area contributed by atoms with E-state index in [4.69, 9.17) is 4.74 Å². The number of ketones is 1. The van der Waals surface area contributed by atoms with Gasteiger partial charge in [-0.25, -0.2) is 4.98 Å². The summed E-state index contributed by atoms with van der Waals surface area (Å²) in [5.74, 6) is -0.389. The molecule has 0 saturated heterocycles. The van der Waals surface area contributed by atoms with Gasteiger partial charge < -0.3 is 14.6 Å². The van der Waals surface area contributed by atoms with Crippen LogP contribution in [0.2, 0.25) is 0 Å². The molecule has 0 fully saturated rings. The van der Waals surface area contributed by atoms with E-state index in [9.17, 15) is 14.4 Å². The van der Waals surface area contributed by atoms with Crippen LogP contribution in [-0.4, -0.2) is 35.4 Å². The number of hydrogen-bond donors (Lipinski definition) is 1. The number of benzene rings is 2. The van der Waals surface area contributed by atoms with Crippen LogP contribution in [0.25, 0.3) is 10.9 Å². The van der Waals surface area contributed by atoms with Gasteiger partial charge in [-0.1, -0.05) is 44.2 Å². The highest BCUT2D eigenvalue weighted by molar-refractivity contribution is 5.94. The van der Waals surface area contributed by atoms with Crippen molar-refractivity contribution in [1.82, 2.24) is 9.97 Å². The van der Waals surface area contributed by atoms with E-state index in [1.54, 1.807) is 30.3 Å². The van der Waals surface area contributed by atoms with Crippen LogP contribution in [0.3, 0.4) is 0 Å². The van der Waals surface area contributed by atoms with E-state index < -0.39 is 5.97 Å². The first-order valence-corrected chi connectivity index (χ1v) is 10.5. The zero-order valence-electron chi connectivity index (χ0n) is 18.3. The monoisotopic (exact) mass is 431 g/mol. The van der Waals surface area contributed by atoms with Gasteiger partial charge in [-0.15, -0.1) is 0 Å². The summed E-state index contributed by atoms with van der Waals surface area (Å²) in [5, 5.41) is 0.499. The Bertz CT molecular complexity index is 1290. The number of nitrogens with one attached hydrogen (secondary N) is 1. The van der Waals surface area contributed by atoms with Crippen LogP contribution in [0.1, 0.15) is 31.7 Å². The number of nitrogens with zero attached hydrogens (tertiary/aromatic N) is 2. The number of esters is 1. The molecule has 0 bridgehead atoms. The number of aryl methyl sites for hydroxylation is 1. The summed E-state index contributed by atoms with van der Waals surface area (Å²) in [6.45, 7) is 3.81. The van der Waals surface area contributed by atoms with Gasteiger partial charge in [0.25, 0.3) is 5.56 Å². The molecule has 0 spiro atoms. The Hall–Kier alpha value is -3.74. The maximum atomic E-state index is 12.5. The minimum Gasteiger partial charge on any atom is -0.457 e. The molecule has 0 unspecified atom stereocenters. The van der Waals surface area contributed by atoms with Crippen LogP contribution >= 0.6 is 0 Å². The highest BCUT2D eigenvalue weighted by atomic mass is 16.5. The Labute approximate surface area is 185 Å². The van der Waals surface area contributed by atoms with Crippen molar-refractivity contribution < 1.29 is 14.3 Å². The Balaban J connectivity index is 1.36. The second-order valence-electron chi connectivity index (χ2n) is 8.39. The number of H-pyrrole nitrogens is 1. The number of hydrogen-bond acceptors (Lipinski definition) is 6. The van der Waals surface area contributed by atoms with E-state index >= 15 is 0 Å². The van der Waals surface area contributed by atoms with Crippen molar-refractivity contribution in [1.29, 1.82) is 0 Å². The first-order chi connectivity index (χ1) is 15.3. The van der Waals surface area contributed by atoms with Crippen molar-refractivity contribution >= 4 is 28.3 Å². The summed E-state index contributed by atoms with van der Waals surface area (Å²) in [5.41, 5.74) is 3.08. The topological polar surface area (TPSA) is 92.4 Å². The third-order valence-electron chi connectivity index (χ3n) is 5.84. The zero-order chi connectivity index (χ0) is 22.9. The molecule has 0 radical (unpaired) electrons. The molecule has 2 aromatic carbocycles. The summed E-state index contributed by atoms with van der Waals surface area (Å²) >= 11 is 0. The van der Waals surface area contributed by atoms with Crippen molar-refractivity contribution in [3.63, 3.8) is 0 Å². The smallest absolute Gasteiger partial charge is 0.306 e. The van der Waals surface area contributed by atoms with Crippen LogP contribution in [0.4, 0.5) is 5.69 Å². The number of allylic oxidation sites excluding steroid dienone is 1. The molecule has 4 rings (SSSR count). The molecule has 3 aromatic rings. The number of carbonyl (C=O) groups is 2. The van der Waals surface area contributed by atoms with Crippen LogP contribution in [-0.2, 0) is 26.2 Å². The minimum atomic E-state index is -0.519. The molecule has 32 heavy (non-hydrogen) atoms. The van der Waals surface area contributed by atoms with Gasteiger partial charge >= 0.3 is 5.97 Å². The number of ether oxygens (including phenoxy) is 1. The average Bonchev–Trinajstić information content (AvgIpc) is 2.97. The van der Waals surface area contributed by atoms with Crippen molar-refractivity contribution in [2.75, 3.05) is 18.6 Å². The SMILES string of the molecule is CN1C(=CC(=O)COC(=O)CCc2nc3ccccc3c(=O)[nH]2)C(C)(C)c2ccccc21. The number of aromatic nitrogens is 2. The van der Waals surface area contributed by atoms with E-state index in [2.05, 4.69) is 29.9 Å².